The lowest BCUT2D eigenvalue weighted by molar-refractivity contribution is 0.402. The van der Waals surface area contributed by atoms with Crippen molar-refractivity contribution < 1.29 is 13.2 Å². The minimum atomic E-state index is -3.60. The molecule has 0 amide bonds. The third kappa shape index (κ3) is 3.26. The molecule has 2 aromatic carbocycles. The first-order valence-electron chi connectivity index (χ1n) is 7.67. The summed E-state index contributed by atoms with van der Waals surface area (Å²) in [7, 11) is -2.12. The van der Waals surface area contributed by atoms with Gasteiger partial charge in [0.05, 0.1) is 7.11 Å². The van der Waals surface area contributed by atoms with Crippen LogP contribution in [0.4, 0.5) is 0 Å². The van der Waals surface area contributed by atoms with Gasteiger partial charge in [-0.05, 0) is 43.0 Å². The molecule has 1 saturated carbocycles. The van der Waals surface area contributed by atoms with Gasteiger partial charge in [-0.25, -0.2) is 13.1 Å². The van der Waals surface area contributed by atoms with E-state index in [1.165, 1.54) is 12.7 Å². The predicted octanol–water partition coefficient (Wildman–Crippen LogP) is 3.01. The van der Waals surface area contributed by atoms with Crippen molar-refractivity contribution in [1.82, 2.24) is 4.72 Å². The van der Waals surface area contributed by atoms with Crippen LogP contribution in [0.3, 0.4) is 0 Å². The van der Waals surface area contributed by atoms with Gasteiger partial charge in [0.25, 0.3) is 0 Å². The van der Waals surface area contributed by atoms with Crippen LogP contribution in [0.25, 0.3) is 0 Å². The average Bonchev–Trinajstić information content (AvgIpc) is 3.35. The van der Waals surface area contributed by atoms with Crippen molar-refractivity contribution in [2.75, 3.05) is 13.7 Å². The highest BCUT2D eigenvalue weighted by molar-refractivity contribution is 7.89. The third-order valence-corrected chi connectivity index (χ3v) is 5.87. The highest BCUT2D eigenvalue weighted by atomic mass is 32.2. The van der Waals surface area contributed by atoms with Gasteiger partial charge in [0, 0.05) is 12.0 Å². The Morgan fingerprint density at radius 3 is 2.43 bits per heavy atom. The van der Waals surface area contributed by atoms with Crippen molar-refractivity contribution in [3.05, 3.63) is 59.7 Å². The van der Waals surface area contributed by atoms with Crippen LogP contribution in [0, 0.1) is 6.92 Å². The van der Waals surface area contributed by atoms with Crippen molar-refractivity contribution in [2.45, 2.75) is 30.1 Å². The molecular weight excluding hydrogens is 310 g/mol. The second kappa shape index (κ2) is 5.98. The van der Waals surface area contributed by atoms with E-state index in [4.69, 9.17) is 4.74 Å². The Labute approximate surface area is 137 Å². The molecule has 0 atom stereocenters. The second-order valence-corrected chi connectivity index (χ2v) is 7.86. The van der Waals surface area contributed by atoms with E-state index in [0.717, 1.165) is 18.4 Å². The van der Waals surface area contributed by atoms with E-state index in [2.05, 4.69) is 16.9 Å². The smallest absolute Gasteiger partial charge is 0.244 e. The quantitative estimate of drug-likeness (QED) is 0.885. The lowest BCUT2D eigenvalue weighted by atomic mass is 9.96. The molecule has 0 unspecified atom stereocenters. The standard InChI is InChI=1S/C18H21NO3S/c1-14-8-9-16(22-2)17(12-14)23(20,21)19-13-18(10-11-18)15-6-4-3-5-7-15/h3-9,12,19H,10-11,13H2,1-2H3. The lowest BCUT2D eigenvalue weighted by Crippen LogP contribution is -2.32. The Morgan fingerprint density at radius 1 is 1.13 bits per heavy atom. The molecule has 23 heavy (non-hydrogen) atoms. The average molecular weight is 331 g/mol. The zero-order valence-corrected chi connectivity index (χ0v) is 14.2. The van der Waals surface area contributed by atoms with Gasteiger partial charge in [0.1, 0.15) is 10.6 Å². The molecule has 1 N–H and O–H groups in total. The predicted molar refractivity (Wildman–Crippen MR) is 90.3 cm³/mol. The number of sulfonamides is 1. The van der Waals surface area contributed by atoms with Crippen LogP contribution in [0.2, 0.25) is 0 Å². The van der Waals surface area contributed by atoms with E-state index in [1.54, 1.807) is 12.1 Å². The highest BCUT2D eigenvalue weighted by Crippen LogP contribution is 2.47. The van der Waals surface area contributed by atoms with Gasteiger partial charge < -0.3 is 4.74 Å². The maximum Gasteiger partial charge on any atom is 0.244 e. The molecule has 0 radical (unpaired) electrons. The van der Waals surface area contributed by atoms with E-state index in [1.807, 2.05) is 31.2 Å². The molecule has 122 valence electrons. The largest absolute Gasteiger partial charge is 0.495 e. The lowest BCUT2D eigenvalue weighted by Gasteiger charge is -2.18. The van der Waals surface area contributed by atoms with Crippen molar-refractivity contribution in [2.24, 2.45) is 0 Å². The number of benzene rings is 2. The fourth-order valence-corrected chi connectivity index (χ4v) is 4.19. The Bertz CT molecular complexity index is 796. The molecule has 0 saturated heterocycles. The minimum absolute atomic E-state index is 0.0641. The molecular formula is C18H21NO3S. The monoisotopic (exact) mass is 331 g/mol. The topological polar surface area (TPSA) is 55.4 Å². The number of methoxy groups -OCH3 is 1. The van der Waals surface area contributed by atoms with Crippen molar-refractivity contribution in [3.63, 3.8) is 0 Å². The van der Waals surface area contributed by atoms with Crippen LogP contribution < -0.4 is 9.46 Å². The molecule has 1 aliphatic rings. The molecule has 4 nitrogen and oxygen atoms in total. The van der Waals surface area contributed by atoms with Crippen LogP contribution in [0.5, 0.6) is 5.75 Å². The number of rotatable bonds is 6. The molecule has 2 aromatic rings. The zero-order valence-electron chi connectivity index (χ0n) is 13.4. The number of hydrogen-bond donors (Lipinski definition) is 1. The normalized spacial score (nSPS) is 16.1. The van der Waals surface area contributed by atoms with Gasteiger partial charge in [-0.3, -0.25) is 0 Å². The maximum absolute atomic E-state index is 12.7. The number of ether oxygens (including phenoxy) is 1. The summed E-state index contributed by atoms with van der Waals surface area (Å²) < 4.78 is 33.3. The molecule has 0 aliphatic heterocycles. The molecule has 1 aliphatic carbocycles. The van der Waals surface area contributed by atoms with E-state index in [-0.39, 0.29) is 10.3 Å². The summed E-state index contributed by atoms with van der Waals surface area (Å²) in [5.74, 6) is 0.368. The van der Waals surface area contributed by atoms with Gasteiger partial charge in [-0.2, -0.15) is 0 Å². The molecule has 0 heterocycles. The maximum atomic E-state index is 12.7. The van der Waals surface area contributed by atoms with Crippen LogP contribution in [0.15, 0.2) is 53.4 Å². The molecule has 0 spiro atoms. The second-order valence-electron chi connectivity index (χ2n) is 6.13. The van der Waals surface area contributed by atoms with E-state index in [0.29, 0.717) is 12.3 Å². The highest BCUT2D eigenvalue weighted by Gasteiger charge is 2.44. The molecule has 0 aromatic heterocycles. The summed E-state index contributed by atoms with van der Waals surface area (Å²) in [5.41, 5.74) is 2.01. The Hall–Kier alpha value is -1.85. The van der Waals surface area contributed by atoms with Gasteiger partial charge in [0.15, 0.2) is 0 Å². The van der Waals surface area contributed by atoms with E-state index in [9.17, 15) is 8.42 Å². The number of aryl methyl sites for hydroxylation is 1. The van der Waals surface area contributed by atoms with Crippen molar-refractivity contribution in [3.8, 4) is 5.75 Å². The summed E-state index contributed by atoms with van der Waals surface area (Å²) >= 11 is 0. The summed E-state index contributed by atoms with van der Waals surface area (Å²) in [5, 5.41) is 0. The van der Waals surface area contributed by atoms with Gasteiger partial charge in [0.2, 0.25) is 10.0 Å². The molecule has 3 rings (SSSR count). The van der Waals surface area contributed by atoms with Crippen LogP contribution in [-0.4, -0.2) is 22.1 Å². The first kappa shape index (κ1) is 16.0. The van der Waals surface area contributed by atoms with E-state index < -0.39 is 10.0 Å². The first-order chi connectivity index (χ1) is 11.0. The van der Waals surface area contributed by atoms with Crippen molar-refractivity contribution in [1.29, 1.82) is 0 Å². The van der Waals surface area contributed by atoms with Crippen LogP contribution >= 0.6 is 0 Å². The summed E-state index contributed by atoms with van der Waals surface area (Å²) in [6.45, 7) is 2.28. The summed E-state index contributed by atoms with van der Waals surface area (Å²) in [4.78, 5) is 0.198. The fraction of sp³-hybridized carbons (Fsp3) is 0.333. The SMILES string of the molecule is COc1ccc(C)cc1S(=O)(=O)NCC1(c2ccccc2)CC1. The Kier molecular flexibility index (Phi) is 4.17. The van der Waals surface area contributed by atoms with E-state index >= 15 is 0 Å². The van der Waals surface area contributed by atoms with Crippen molar-refractivity contribution >= 4 is 10.0 Å². The minimum Gasteiger partial charge on any atom is -0.495 e. The number of hydrogen-bond acceptors (Lipinski definition) is 3. The third-order valence-electron chi connectivity index (χ3n) is 4.45. The summed E-state index contributed by atoms with van der Waals surface area (Å²) in [6.07, 6.45) is 2.01. The summed E-state index contributed by atoms with van der Waals surface area (Å²) in [6, 6.07) is 15.3. The Balaban J connectivity index is 1.82. The molecule has 1 fully saturated rings. The first-order valence-corrected chi connectivity index (χ1v) is 9.15. The molecule has 5 heteroatoms. The van der Waals surface area contributed by atoms with Crippen LogP contribution in [-0.2, 0) is 15.4 Å². The fourth-order valence-electron chi connectivity index (χ4n) is 2.81. The molecule has 0 bridgehead atoms. The van der Waals surface area contributed by atoms with Gasteiger partial charge in [-0.1, -0.05) is 36.4 Å². The Morgan fingerprint density at radius 2 is 1.83 bits per heavy atom. The zero-order chi connectivity index (χ0) is 16.5. The van der Waals surface area contributed by atoms with Gasteiger partial charge in [-0.15, -0.1) is 0 Å². The number of nitrogens with one attached hydrogen (secondary N) is 1. The van der Waals surface area contributed by atoms with Crippen LogP contribution in [0.1, 0.15) is 24.0 Å². The van der Waals surface area contributed by atoms with Gasteiger partial charge >= 0.3 is 0 Å².